The standard InChI is InChI=1S/C3H7NO.CH4N2O/c4-1-3-2-5-3;2-1(3)4/h3H,1-2,4H2;(H4,2,3,4). The first-order chi connectivity index (χ1) is 4.16. The zero-order valence-corrected chi connectivity index (χ0v) is 5.04. The summed E-state index contributed by atoms with van der Waals surface area (Å²) in [6.07, 6.45) is 0.412. The molecule has 54 valence electrons. The lowest BCUT2D eigenvalue weighted by Crippen LogP contribution is -2.18. The molecule has 5 nitrogen and oxygen atoms in total. The van der Waals surface area contributed by atoms with Crippen molar-refractivity contribution in [1.82, 2.24) is 0 Å². The highest BCUT2D eigenvalue weighted by Gasteiger charge is 2.18. The third-order valence-corrected chi connectivity index (χ3v) is 0.665. The molecule has 1 fully saturated rings. The summed E-state index contributed by atoms with van der Waals surface area (Å²) < 4.78 is 4.73. The number of rotatable bonds is 1. The van der Waals surface area contributed by atoms with Crippen LogP contribution in [0.15, 0.2) is 0 Å². The molecule has 9 heavy (non-hydrogen) atoms. The van der Waals surface area contributed by atoms with Crippen LogP contribution in [0.3, 0.4) is 0 Å². The minimum atomic E-state index is -0.833. The molecular weight excluding hydrogens is 122 g/mol. The third kappa shape index (κ3) is 11.0. The van der Waals surface area contributed by atoms with Crippen LogP contribution in [0.1, 0.15) is 0 Å². The highest BCUT2D eigenvalue weighted by Crippen LogP contribution is 2.03. The minimum absolute atomic E-state index is 0.412. The number of hydrogen-bond donors (Lipinski definition) is 3. The first-order valence-electron chi connectivity index (χ1n) is 2.53. The molecule has 1 aliphatic heterocycles. The number of hydrogen-bond acceptors (Lipinski definition) is 3. The Morgan fingerprint density at radius 1 is 1.67 bits per heavy atom. The molecule has 1 rings (SSSR count). The maximum Gasteiger partial charge on any atom is 0.309 e. The fraction of sp³-hybridized carbons (Fsp3) is 0.750. The molecule has 1 unspecified atom stereocenters. The van der Waals surface area contributed by atoms with E-state index in [0.717, 1.165) is 6.61 Å². The van der Waals surface area contributed by atoms with Gasteiger partial charge in [0, 0.05) is 6.54 Å². The molecule has 0 bridgehead atoms. The zero-order valence-electron chi connectivity index (χ0n) is 5.04. The minimum Gasteiger partial charge on any atom is -0.372 e. The van der Waals surface area contributed by atoms with Gasteiger partial charge in [0.05, 0.1) is 12.7 Å². The molecule has 0 aromatic carbocycles. The summed E-state index contributed by atoms with van der Waals surface area (Å²) in [6, 6.07) is -0.833. The molecule has 0 aromatic heterocycles. The summed E-state index contributed by atoms with van der Waals surface area (Å²) in [5, 5.41) is 0. The van der Waals surface area contributed by atoms with Crippen LogP contribution >= 0.6 is 0 Å². The van der Waals surface area contributed by atoms with E-state index in [1.807, 2.05) is 0 Å². The first-order valence-corrected chi connectivity index (χ1v) is 2.53. The van der Waals surface area contributed by atoms with Gasteiger partial charge in [0.15, 0.2) is 0 Å². The summed E-state index contributed by atoms with van der Waals surface area (Å²) in [5.41, 5.74) is 13.6. The Hall–Kier alpha value is -0.810. The SMILES string of the molecule is NC(N)=O.NCC1CO1. The summed E-state index contributed by atoms with van der Waals surface area (Å²) in [5.74, 6) is 0. The predicted molar refractivity (Wildman–Crippen MR) is 32.6 cm³/mol. The number of carbonyl (C=O) groups is 1. The molecule has 0 spiro atoms. The van der Waals surface area contributed by atoms with Gasteiger partial charge < -0.3 is 21.9 Å². The molecular formula is C4H11N3O2. The van der Waals surface area contributed by atoms with Crippen molar-refractivity contribution in [2.24, 2.45) is 17.2 Å². The maximum absolute atomic E-state index is 9.00. The maximum atomic E-state index is 9.00. The first kappa shape index (κ1) is 8.19. The van der Waals surface area contributed by atoms with E-state index in [-0.39, 0.29) is 0 Å². The van der Waals surface area contributed by atoms with Gasteiger partial charge in [-0.1, -0.05) is 0 Å². The van der Waals surface area contributed by atoms with Crippen LogP contribution in [0.25, 0.3) is 0 Å². The summed E-state index contributed by atoms with van der Waals surface area (Å²) in [6.45, 7) is 1.58. The molecule has 0 aromatic rings. The van der Waals surface area contributed by atoms with Crippen LogP contribution < -0.4 is 17.2 Å². The van der Waals surface area contributed by atoms with Gasteiger partial charge in [-0.15, -0.1) is 0 Å². The van der Waals surface area contributed by atoms with Crippen LogP contribution in [-0.4, -0.2) is 25.3 Å². The van der Waals surface area contributed by atoms with Gasteiger partial charge in [0.2, 0.25) is 0 Å². The molecule has 1 saturated heterocycles. The van der Waals surface area contributed by atoms with E-state index in [4.69, 9.17) is 15.3 Å². The van der Waals surface area contributed by atoms with E-state index < -0.39 is 6.03 Å². The Morgan fingerprint density at radius 3 is 2.00 bits per heavy atom. The highest BCUT2D eigenvalue weighted by atomic mass is 16.6. The van der Waals surface area contributed by atoms with Gasteiger partial charge in [-0.25, -0.2) is 4.79 Å². The molecule has 0 saturated carbocycles. The zero-order chi connectivity index (χ0) is 7.28. The van der Waals surface area contributed by atoms with Crippen LogP contribution in [0, 0.1) is 0 Å². The van der Waals surface area contributed by atoms with Crippen molar-refractivity contribution in [3.05, 3.63) is 0 Å². The van der Waals surface area contributed by atoms with Gasteiger partial charge in [-0.2, -0.15) is 0 Å². The van der Waals surface area contributed by atoms with Crippen molar-refractivity contribution < 1.29 is 9.53 Å². The highest BCUT2D eigenvalue weighted by molar-refractivity contribution is 5.69. The normalized spacial score (nSPS) is 21.7. The van der Waals surface area contributed by atoms with Crippen molar-refractivity contribution in [3.63, 3.8) is 0 Å². The molecule has 1 atom stereocenters. The van der Waals surface area contributed by atoms with Crippen molar-refractivity contribution in [2.45, 2.75) is 6.10 Å². The molecule has 6 N–H and O–H groups in total. The van der Waals surface area contributed by atoms with E-state index in [2.05, 4.69) is 11.5 Å². The lowest BCUT2D eigenvalue weighted by Gasteiger charge is -1.71. The van der Waals surface area contributed by atoms with E-state index in [9.17, 15) is 0 Å². The van der Waals surface area contributed by atoms with Gasteiger partial charge in [0.1, 0.15) is 0 Å². The number of carbonyl (C=O) groups excluding carboxylic acids is 1. The fourth-order valence-electron chi connectivity index (χ4n) is 0.204. The van der Waals surface area contributed by atoms with Crippen LogP contribution in [-0.2, 0) is 4.74 Å². The topological polar surface area (TPSA) is 108 Å². The van der Waals surface area contributed by atoms with Gasteiger partial charge in [-0.05, 0) is 0 Å². The van der Waals surface area contributed by atoms with Crippen LogP contribution in [0.5, 0.6) is 0 Å². The Labute approximate surface area is 53.1 Å². The van der Waals surface area contributed by atoms with E-state index in [1.165, 1.54) is 0 Å². The number of epoxide rings is 1. The summed E-state index contributed by atoms with van der Waals surface area (Å²) >= 11 is 0. The average Bonchev–Trinajstić information content (AvgIpc) is 2.43. The molecule has 0 aliphatic carbocycles. The average molecular weight is 133 g/mol. The Bertz CT molecular complexity index is 87.8. The van der Waals surface area contributed by atoms with Gasteiger partial charge >= 0.3 is 6.03 Å². The number of nitrogens with two attached hydrogens (primary N) is 3. The Kier molecular flexibility index (Phi) is 3.74. The second-order valence-electron chi connectivity index (χ2n) is 1.59. The quantitative estimate of drug-likeness (QED) is 0.373. The largest absolute Gasteiger partial charge is 0.372 e. The van der Waals surface area contributed by atoms with Crippen molar-refractivity contribution in [3.8, 4) is 0 Å². The van der Waals surface area contributed by atoms with Crippen molar-refractivity contribution in [2.75, 3.05) is 13.2 Å². The third-order valence-electron chi connectivity index (χ3n) is 0.665. The van der Waals surface area contributed by atoms with Gasteiger partial charge in [-0.3, -0.25) is 0 Å². The Balaban J connectivity index is 0.000000148. The fourth-order valence-corrected chi connectivity index (χ4v) is 0.204. The monoisotopic (exact) mass is 133 g/mol. The summed E-state index contributed by atoms with van der Waals surface area (Å²) in [7, 11) is 0. The number of urea groups is 1. The second-order valence-corrected chi connectivity index (χ2v) is 1.59. The van der Waals surface area contributed by atoms with Gasteiger partial charge in [0.25, 0.3) is 0 Å². The lowest BCUT2D eigenvalue weighted by atomic mass is 10.5. The number of ether oxygens (including phenoxy) is 1. The van der Waals surface area contributed by atoms with Crippen molar-refractivity contribution in [1.29, 1.82) is 0 Å². The molecule has 0 radical (unpaired) electrons. The summed E-state index contributed by atoms with van der Waals surface area (Å²) in [4.78, 5) is 9.00. The molecule has 5 heteroatoms. The second kappa shape index (κ2) is 4.11. The van der Waals surface area contributed by atoms with E-state index in [0.29, 0.717) is 12.6 Å². The predicted octanol–water partition coefficient (Wildman–Crippen LogP) is -1.63. The van der Waals surface area contributed by atoms with E-state index in [1.54, 1.807) is 0 Å². The molecule has 1 aliphatic rings. The molecule has 2 amide bonds. The number of amides is 2. The molecule has 1 heterocycles. The number of primary amides is 2. The lowest BCUT2D eigenvalue weighted by molar-refractivity contribution is 0.256. The van der Waals surface area contributed by atoms with Crippen LogP contribution in [0.2, 0.25) is 0 Å². The van der Waals surface area contributed by atoms with Crippen LogP contribution in [0.4, 0.5) is 4.79 Å². The Morgan fingerprint density at radius 2 is 2.00 bits per heavy atom. The van der Waals surface area contributed by atoms with E-state index >= 15 is 0 Å². The smallest absolute Gasteiger partial charge is 0.309 e. The van der Waals surface area contributed by atoms with Crippen molar-refractivity contribution >= 4 is 6.03 Å².